The minimum absolute atomic E-state index is 0.0649. The fourth-order valence-electron chi connectivity index (χ4n) is 1.36. The Kier molecular flexibility index (Phi) is 4.37. The quantitative estimate of drug-likeness (QED) is 0.724. The average molecular weight is 205 g/mol. The molecule has 0 saturated heterocycles. The van der Waals surface area contributed by atoms with Gasteiger partial charge in [-0.05, 0) is 23.6 Å². The Hall–Kier alpha value is -1.28. The highest BCUT2D eigenvalue weighted by Gasteiger charge is 2.02. The summed E-state index contributed by atoms with van der Waals surface area (Å²) in [6.45, 7) is 8.05. The van der Waals surface area contributed by atoms with Crippen LogP contribution in [0.5, 0.6) is 0 Å². The third-order valence-corrected chi connectivity index (χ3v) is 2.41. The summed E-state index contributed by atoms with van der Waals surface area (Å²) in [5.74, 6) is 0.548. The molecule has 2 N–H and O–H groups in total. The van der Waals surface area contributed by atoms with E-state index in [0.29, 0.717) is 5.92 Å². The zero-order valence-electron chi connectivity index (χ0n) is 9.40. The first-order valence-corrected chi connectivity index (χ1v) is 5.27. The number of hydrogen-bond donors (Lipinski definition) is 2. The fraction of sp³-hybridized carbons (Fsp3) is 0.385. The van der Waals surface area contributed by atoms with Crippen molar-refractivity contribution >= 4 is 5.69 Å². The number of aliphatic hydroxyl groups is 1. The van der Waals surface area contributed by atoms with Crippen LogP contribution in [0.1, 0.15) is 25.3 Å². The highest BCUT2D eigenvalue weighted by Crippen LogP contribution is 2.17. The second-order valence-corrected chi connectivity index (χ2v) is 3.95. The van der Waals surface area contributed by atoms with Crippen molar-refractivity contribution in [3.63, 3.8) is 0 Å². The van der Waals surface area contributed by atoms with Gasteiger partial charge in [0.1, 0.15) is 0 Å². The second-order valence-electron chi connectivity index (χ2n) is 3.95. The van der Waals surface area contributed by atoms with E-state index in [2.05, 4.69) is 37.9 Å². The molecule has 1 unspecified atom stereocenters. The molecule has 0 aromatic heterocycles. The van der Waals surface area contributed by atoms with Crippen molar-refractivity contribution in [3.05, 3.63) is 42.5 Å². The Labute approximate surface area is 91.6 Å². The zero-order chi connectivity index (χ0) is 11.3. The highest BCUT2D eigenvalue weighted by molar-refractivity contribution is 5.46. The third kappa shape index (κ3) is 3.40. The Morgan fingerprint density at radius 1 is 1.33 bits per heavy atom. The zero-order valence-corrected chi connectivity index (χ0v) is 9.40. The lowest BCUT2D eigenvalue weighted by molar-refractivity contribution is 0.291. The topological polar surface area (TPSA) is 32.3 Å². The molecule has 0 fully saturated rings. The molecule has 0 aliphatic heterocycles. The number of nitrogens with one attached hydrogen (secondary N) is 1. The Morgan fingerprint density at radius 2 is 1.93 bits per heavy atom. The van der Waals surface area contributed by atoms with Crippen molar-refractivity contribution in [1.29, 1.82) is 0 Å². The van der Waals surface area contributed by atoms with Crippen molar-refractivity contribution in [2.75, 3.05) is 11.9 Å². The first-order valence-electron chi connectivity index (χ1n) is 5.27. The summed E-state index contributed by atoms with van der Waals surface area (Å²) in [6, 6.07) is 8.19. The molecule has 82 valence electrons. The highest BCUT2D eigenvalue weighted by atomic mass is 16.3. The molecule has 0 amide bonds. The van der Waals surface area contributed by atoms with E-state index in [1.54, 1.807) is 6.08 Å². The number of benzene rings is 1. The second kappa shape index (κ2) is 5.56. The van der Waals surface area contributed by atoms with Gasteiger partial charge in [0.15, 0.2) is 0 Å². The summed E-state index contributed by atoms with van der Waals surface area (Å²) >= 11 is 0. The summed E-state index contributed by atoms with van der Waals surface area (Å²) in [6.07, 6.45) is 1.70. The van der Waals surface area contributed by atoms with Crippen LogP contribution in [0.4, 0.5) is 5.69 Å². The molecule has 2 heteroatoms. The summed E-state index contributed by atoms with van der Waals surface area (Å²) in [7, 11) is 0. The lowest BCUT2D eigenvalue weighted by Gasteiger charge is -2.14. The standard InChI is InChI=1S/C13H19NO/c1-4-12(9-15)14-13-7-5-11(6-8-13)10(2)3/h4-8,10,12,14-15H,1,9H2,2-3H3. The van der Waals surface area contributed by atoms with Gasteiger partial charge in [-0.1, -0.05) is 32.1 Å². The van der Waals surface area contributed by atoms with Crippen molar-refractivity contribution in [2.24, 2.45) is 0 Å². The van der Waals surface area contributed by atoms with E-state index >= 15 is 0 Å². The Morgan fingerprint density at radius 3 is 2.33 bits per heavy atom. The van der Waals surface area contributed by atoms with Gasteiger partial charge >= 0.3 is 0 Å². The predicted octanol–water partition coefficient (Wildman–Crippen LogP) is 2.77. The minimum Gasteiger partial charge on any atom is -0.394 e. The van der Waals surface area contributed by atoms with Gasteiger partial charge in [0, 0.05) is 5.69 Å². The molecule has 15 heavy (non-hydrogen) atoms. The Bertz CT molecular complexity index is 303. The molecular weight excluding hydrogens is 186 g/mol. The van der Waals surface area contributed by atoms with Gasteiger partial charge in [0.2, 0.25) is 0 Å². The monoisotopic (exact) mass is 205 g/mol. The predicted molar refractivity (Wildman–Crippen MR) is 65.2 cm³/mol. The molecule has 1 aromatic rings. The van der Waals surface area contributed by atoms with E-state index in [0.717, 1.165) is 5.69 Å². The van der Waals surface area contributed by atoms with Gasteiger partial charge in [-0.15, -0.1) is 6.58 Å². The average Bonchev–Trinajstić information content (AvgIpc) is 2.26. The van der Waals surface area contributed by atoms with Gasteiger partial charge in [0.05, 0.1) is 12.6 Å². The van der Waals surface area contributed by atoms with Crippen molar-refractivity contribution in [2.45, 2.75) is 25.8 Å². The summed E-state index contributed by atoms with van der Waals surface area (Å²) in [5, 5.41) is 12.2. The molecule has 1 rings (SSSR count). The molecule has 0 saturated carbocycles. The summed E-state index contributed by atoms with van der Waals surface area (Å²) in [5.41, 5.74) is 2.33. The molecule has 0 bridgehead atoms. The van der Waals surface area contributed by atoms with E-state index in [4.69, 9.17) is 5.11 Å². The third-order valence-electron chi connectivity index (χ3n) is 2.41. The van der Waals surface area contributed by atoms with Gasteiger partial charge in [-0.2, -0.15) is 0 Å². The van der Waals surface area contributed by atoms with Crippen LogP contribution in [-0.4, -0.2) is 17.8 Å². The van der Waals surface area contributed by atoms with E-state index < -0.39 is 0 Å². The summed E-state index contributed by atoms with van der Waals surface area (Å²) in [4.78, 5) is 0. The van der Waals surface area contributed by atoms with Gasteiger partial charge in [-0.3, -0.25) is 0 Å². The first-order chi connectivity index (χ1) is 7.17. The van der Waals surface area contributed by atoms with E-state index in [1.807, 2.05) is 12.1 Å². The van der Waals surface area contributed by atoms with Crippen LogP contribution >= 0.6 is 0 Å². The van der Waals surface area contributed by atoms with Crippen LogP contribution in [0.3, 0.4) is 0 Å². The summed E-state index contributed by atoms with van der Waals surface area (Å²) < 4.78 is 0. The van der Waals surface area contributed by atoms with Crippen LogP contribution in [0, 0.1) is 0 Å². The molecule has 1 atom stereocenters. The smallest absolute Gasteiger partial charge is 0.0673 e. The molecule has 0 aliphatic carbocycles. The van der Waals surface area contributed by atoms with E-state index in [-0.39, 0.29) is 12.6 Å². The van der Waals surface area contributed by atoms with Crippen LogP contribution in [0.2, 0.25) is 0 Å². The molecule has 2 nitrogen and oxygen atoms in total. The van der Waals surface area contributed by atoms with Crippen molar-refractivity contribution in [3.8, 4) is 0 Å². The maximum Gasteiger partial charge on any atom is 0.0673 e. The van der Waals surface area contributed by atoms with Crippen molar-refractivity contribution in [1.82, 2.24) is 0 Å². The number of aliphatic hydroxyl groups excluding tert-OH is 1. The van der Waals surface area contributed by atoms with Crippen LogP contribution < -0.4 is 5.32 Å². The molecule has 1 aromatic carbocycles. The van der Waals surface area contributed by atoms with E-state index in [9.17, 15) is 0 Å². The molecule has 0 radical (unpaired) electrons. The fourth-order valence-corrected chi connectivity index (χ4v) is 1.36. The first kappa shape index (κ1) is 11.8. The van der Waals surface area contributed by atoms with Gasteiger partial charge < -0.3 is 10.4 Å². The molecule has 0 spiro atoms. The van der Waals surface area contributed by atoms with Gasteiger partial charge in [0.25, 0.3) is 0 Å². The van der Waals surface area contributed by atoms with Crippen LogP contribution in [-0.2, 0) is 0 Å². The van der Waals surface area contributed by atoms with Crippen LogP contribution in [0.25, 0.3) is 0 Å². The number of anilines is 1. The maximum atomic E-state index is 9.00. The lowest BCUT2D eigenvalue weighted by atomic mass is 10.0. The SMILES string of the molecule is C=CC(CO)Nc1ccc(C(C)C)cc1. The van der Waals surface area contributed by atoms with Crippen LogP contribution in [0.15, 0.2) is 36.9 Å². The number of hydrogen-bond acceptors (Lipinski definition) is 2. The molecule has 0 aliphatic rings. The molecule has 0 heterocycles. The lowest BCUT2D eigenvalue weighted by Crippen LogP contribution is -2.20. The Balaban J connectivity index is 2.67. The molecular formula is C13H19NO. The normalized spacial score (nSPS) is 12.5. The largest absolute Gasteiger partial charge is 0.394 e. The maximum absolute atomic E-state index is 9.00. The minimum atomic E-state index is -0.0742. The van der Waals surface area contributed by atoms with Crippen molar-refractivity contribution < 1.29 is 5.11 Å². The number of rotatable bonds is 5. The van der Waals surface area contributed by atoms with E-state index in [1.165, 1.54) is 5.56 Å². The van der Waals surface area contributed by atoms with Gasteiger partial charge in [-0.25, -0.2) is 0 Å².